The highest BCUT2D eigenvalue weighted by atomic mass is 35.5. The highest BCUT2D eigenvalue weighted by molar-refractivity contribution is 6.35. The second-order valence-corrected chi connectivity index (χ2v) is 14.5. The topological polar surface area (TPSA) is 176 Å². The summed E-state index contributed by atoms with van der Waals surface area (Å²) >= 11 is 11.9. The Morgan fingerprint density at radius 3 is 1.64 bits per heavy atom. The van der Waals surface area contributed by atoms with Crippen LogP contribution in [0.25, 0.3) is 22.8 Å². The minimum Gasteiger partial charge on any atom is -0.368 e. The number of nitrogens with two attached hydrogens (primary N) is 1. The maximum Gasteiger partial charge on any atom is 0.417 e. The first-order chi connectivity index (χ1) is 27.9. The van der Waals surface area contributed by atoms with E-state index in [4.69, 9.17) is 28.9 Å². The van der Waals surface area contributed by atoms with Gasteiger partial charge in [-0.1, -0.05) is 35.3 Å². The number of anilines is 1. The molecule has 13 nitrogen and oxygen atoms in total. The second kappa shape index (κ2) is 15.9. The molecule has 0 saturated heterocycles. The summed E-state index contributed by atoms with van der Waals surface area (Å²) in [5.41, 5.74) is 8.90. The number of nitrogens with one attached hydrogen (secondary N) is 2. The predicted molar refractivity (Wildman–Crippen MR) is 203 cm³/mol. The van der Waals surface area contributed by atoms with E-state index in [1.165, 1.54) is 40.4 Å². The number of hydrogen-bond donors (Lipinski definition) is 3. The number of amides is 2. The van der Waals surface area contributed by atoms with Gasteiger partial charge in [-0.25, -0.2) is 19.9 Å². The zero-order valence-electron chi connectivity index (χ0n) is 30.8. The molecular formula is C38H31Cl2F6N11O2. The minimum absolute atomic E-state index is 0.0254. The fourth-order valence-electron chi connectivity index (χ4n) is 7.06. The van der Waals surface area contributed by atoms with E-state index in [1.807, 2.05) is 6.92 Å². The van der Waals surface area contributed by atoms with Crippen LogP contribution in [-0.4, -0.2) is 74.0 Å². The predicted octanol–water partition coefficient (Wildman–Crippen LogP) is 7.83. The molecule has 0 saturated carbocycles. The Balaban J connectivity index is 0.000000179. The van der Waals surface area contributed by atoms with Crippen LogP contribution in [0.1, 0.15) is 68.2 Å². The van der Waals surface area contributed by atoms with E-state index in [0.29, 0.717) is 41.3 Å². The van der Waals surface area contributed by atoms with Crippen LogP contribution in [0.4, 0.5) is 32.3 Å². The zero-order valence-corrected chi connectivity index (χ0v) is 32.3. The van der Waals surface area contributed by atoms with Crippen molar-refractivity contribution < 1.29 is 35.9 Å². The summed E-state index contributed by atoms with van der Waals surface area (Å²) in [7, 11) is 0. The first kappa shape index (κ1) is 41.1. The molecule has 2 unspecified atom stereocenters. The average Bonchev–Trinajstić information content (AvgIpc) is 3.92. The molecular weight excluding hydrogens is 827 g/mol. The highest BCUT2D eigenvalue weighted by Gasteiger charge is 2.39. The quantitative estimate of drug-likeness (QED) is 0.149. The number of carbonyl (C=O) groups excluding carboxylic acids is 2. The van der Waals surface area contributed by atoms with Gasteiger partial charge in [-0.3, -0.25) is 19.8 Å². The van der Waals surface area contributed by atoms with Gasteiger partial charge in [0.1, 0.15) is 6.33 Å². The lowest BCUT2D eigenvalue weighted by Crippen LogP contribution is -2.43. The molecule has 4 aromatic heterocycles. The molecule has 2 atom stereocenters. The molecule has 4 N–H and O–H groups in total. The van der Waals surface area contributed by atoms with Crippen molar-refractivity contribution in [2.45, 2.75) is 64.2 Å². The molecule has 6 aromatic rings. The van der Waals surface area contributed by atoms with Gasteiger partial charge in [-0.2, -0.15) is 36.5 Å². The van der Waals surface area contributed by atoms with E-state index in [-0.39, 0.29) is 42.2 Å². The molecule has 0 aliphatic carbocycles. The molecule has 2 aliphatic rings. The number of aromatic nitrogens is 8. The zero-order chi connectivity index (χ0) is 42.4. The van der Waals surface area contributed by atoms with Crippen LogP contribution < -0.4 is 5.73 Å². The van der Waals surface area contributed by atoms with Crippen molar-refractivity contribution in [3.05, 3.63) is 122 Å². The number of halogens is 8. The van der Waals surface area contributed by atoms with Gasteiger partial charge in [0.2, 0.25) is 5.95 Å². The molecule has 2 aliphatic heterocycles. The summed E-state index contributed by atoms with van der Waals surface area (Å²) in [5.74, 6) is -1.15. The van der Waals surface area contributed by atoms with Gasteiger partial charge < -0.3 is 15.5 Å². The summed E-state index contributed by atoms with van der Waals surface area (Å²) in [6, 6.07) is 9.56. The summed E-state index contributed by atoms with van der Waals surface area (Å²) in [5, 5.41) is 12.3. The van der Waals surface area contributed by atoms with Crippen LogP contribution in [0.2, 0.25) is 10.0 Å². The second-order valence-electron chi connectivity index (χ2n) is 13.7. The number of H-pyrrole nitrogens is 2. The van der Waals surface area contributed by atoms with E-state index >= 15 is 0 Å². The third-order valence-corrected chi connectivity index (χ3v) is 10.8. The maximum atomic E-state index is 13.2. The van der Waals surface area contributed by atoms with Crippen LogP contribution in [0, 0.1) is 0 Å². The largest absolute Gasteiger partial charge is 0.417 e. The van der Waals surface area contributed by atoms with Gasteiger partial charge in [-0.15, -0.1) is 0 Å². The van der Waals surface area contributed by atoms with E-state index in [2.05, 4.69) is 40.3 Å². The Labute approximate surface area is 341 Å². The molecule has 2 amide bonds. The lowest BCUT2D eigenvalue weighted by atomic mass is 9.95. The molecule has 21 heteroatoms. The summed E-state index contributed by atoms with van der Waals surface area (Å²) in [6.07, 6.45) is -3.86. The van der Waals surface area contributed by atoms with Crippen molar-refractivity contribution >= 4 is 41.0 Å². The Kier molecular flexibility index (Phi) is 11.1. The monoisotopic (exact) mass is 857 g/mol. The van der Waals surface area contributed by atoms with Crippen LogP contribution in [-0.2, 0) is 38.3 Å². The molecule has 6 heterocycles. The SMILES string of the molecule is CC1Cc2c(nc(N)nc2-c2ccn[nH]2)CN1C(=O)c1cccc(C(F)(F)F)c1Cl.CC1Cc2c(ncnc2-c2ccn[nH]2)CN1C(=O)c1cccc(C(F)(F)F)c1Cl. The van der Waals surface area contributed by atoms with Gasteiger partial charge in [0, 0.05) is 35.6 Å². The first-order valence-corrected chi connectivity index (χ1v) is 18.5. The number of nitrogen functional groups attached to an aromatic ring is 1. The summed E-state index contributed by atoms with van der Waals surface area (Å²) in [4.78, 5) is 46.2. The van der Waals surface area contributed by atoms with E-state index < -0.39 is 45.3 Å². The molecule has 306 valence electrons. The van der Waals surface area contributed by atoms with Crippen molar-refractivity contribution in [3.63, 3.8) is 0 Å². The lowest BCUT2D eigenvalue weighted by molar-refractivity contribution is -0.138. The number of carbonyl (C=O) groups is 2. The lowest BCUT2D eigenvalue weighted by Gasteiger charge is -2.35. The number of nitrogens with zero attached hydrogens (tertiary/aromatic N) is 8. The smallest absolute Gasteiger partial charge is 0.368 e. The van der Waals surface area contributed by atoms with E-state index in [0.717, 1.165) is 29.0 Å². The number of fused-ring (bicyclic) bond motifs is 2. The molecule has 59 heavy (non-hydrogen) atoms. The third kappa shape index (κ3) is 8.16. The molecule has 0 fully saturated rings. The Morgan fingerprint density at radius 1 is 0.695 bits per heavy atom. The molecule has 0 bridgehead atoms. The van der Waals surface area contributed by atoms with E-state index in [1.54, 1.807) is 31.5 Å². The minimum atomic E-state index is -4.66. The van der Waals surface area contributed by atoms with Crippen molar-refractivity contribution in [2.75, 3.05) is 5.73 Å². The number of benzene rings is 2. The number of hydrogen-bond acceptors (Lipinski definition) is 9. The van der Waals surface area contributed by atoms with Crippen molar-refractivity contribution in [1.82, 2.24) is 50.1 Å². The number of aromatic amines is 2. The van der Waals surface area contributed by atoms with Gasteiger partial charge in [0.25, 0.3) is 11.8 Å². The standard InChI is InChI=1S/C19H16ClF3N6O.C19H15ClF3N5O/c1-9-7-11-14(26-18(24)27-16(11)13-5-6-25-28-13)8-29(9)17(30)10-3-2-4-12(15(10)20)19(21,22)23;1-10-7-12-15(24-9-25-17(12)14-5-6-26-27-14)8-28(10)18(29)11-3-2-4-13(16(11)20)19(21,22)23/h2-6,9H,7-8H2,1H3,(H,25,28)(H2,24,26,27);2-6,9-10H,7-8H2,1H3,(H,26,27). The maximum absolute atomic E-state index is 13.2. The van der Waals surface area contributed by atoms with Crippen molar-refractivity contribution in [2.24, 2.45) is 0 Å². The van der Waals surface area contributed by atoms with Crippen LogP contribution in [0.15, 0.2) is 67.3 Å². The van der Waals surface area contributed by atoms with Crippen LogP contribution in [0.3, 0.4) is 0 Å². The molecule has 0 radical (unpaired) electrons. The Bertz CT molecular complexity index is 2530. The van der Waals surface area contributed by atoms with Crippen LogP contribution in [0.5, 0.6) is 0 Å². The number of rotatable bonds is 4. The van der Waals surface area contributed by atoms with Gasteiger partial charge >= 0.3 is 12.4 Å². The number of alkyl halides is 6. The van der Waals surface area contributed by atoms with Crippen LogP contribution >= 0.6 is 23.2 Å². The molecule has 2 aromatic carbocycles. The Morgan fingerprint density at radius 2 is 1.17 bits per heavy atom. The average molecular weight is 859 g/mol. The molecule has 8 rings (SSSR count). The fourth-order valence-corrected chi connectivity index (χ4v) is 7.68. The van der Waals surface area contributed by atoms with E-state index in [9.17, 15) is 35.9 Å². The molecule has 0 spiro atoms. The Hall–Kier alpha value is -6.08. The van der Waals surface area contributed by atoms with Crippen molar-refractivity contribution in [3.8, 4) is 22.8 Å². The van der Waals surface area contributed by atoms with Gasteiger partial charge in [-0.05, 0) is 63.1 Å². The summed E-state index contributed by atoms with van der Waals surface area (Å²) in [6.45, 7) is 3.84. The highest BCUT2D eigenvalue weighted by Crippen LogP contribution is 2.39. The van der Waals surface area contributed by atoms with Gasteiger partial charge in [0.15, 0.2) is 0 Å². The summed E-state index contributed by atoms with van der Waals surface area (Å²) < 4.78 is 79.0. The van der Waals surface area contributed by atoms with Gasteiger partial charge in [0.05, 0.1) is 79.6 Å². The normalized spacial score (nSPS) is 16.5. The van der Waals surface area contributed by atoms with Crippen molar-refractivity contribution in [1.29, 1.82) is 0 Å². The third-order valence-electron chi connectivity index (χ3n) is 9.95. The fraction of sp³-hybridized carbons (Fsp3) is 0.263. The first-order valence-electron chi connectivity index (χ1n) is 17.7.